The SMILES string of the molecule is CCOC(=O)c1ccc(NC(=O)[C@H]2[C@@H](C(=O)[O-])[C@@H]3CC[C@H]2C3=C(C)C)cc1. The van der Waals surface area contributed by atoms with Gasteiger partial charge in [0.1, 0.15) is 0 Å². The van der Waals surface area contributed by atoms with Crippen LogP contribution in [-0.2, 0) is 14.3 Å². The zero-order valence-electron chi connectivity index (χ0n) is 15.8. The first-order valence-electron chi connectivity index (χ1n) is 9.31. The van der Waals surface area contributed by atoms with Gasteiger partial charge < -0.3 is 20.0 Å². The molecule has 27 heavy (non-hydrogen) atoms. The van der Waals surface area contributed by atoms with Crippen LogP contribution in [-0.4, -0.2) is 24.5 Å². The van der Waals surface area contributed by atoms with Crippen LogP contribution >= 0.6 is 0 Å². The number of ether oxygens (including phenoxy) is 1. The molecule has 0 saturated heterocycles. The number of benzene rings is 1. The van der Waals surface area contributed by atoms with Gasteiger partial charge in [-0.15, -0.1) is 0 Å². The van der Waals surface area contributed by atoms with Crippen molar-refractivity contribution >= 4 is 23.5 Å². The molecular weight excluding hydrogens is 346 g/mol. The topological polar surface area (TPSA) is 95.5 Å². The molecule has 0 spiro atoms. The highest BCUT2D eigenvalue weighted by molar-refractivity contribution is 5.97. The Morgan fingerprint density at radius 2 is 1.67 bits per heavy atom. The zero-order valence-corrected chi connectivity index (χ0v) is 15.8. The predicted molar refractivity (Wildman–Crippen MR) is 97.6 cm³/mol. The number of hydrogen-bond acceptors (Lipinski definition) is 5. The lowest BCUT2D eigenvalue weighted by atomic mass is 9.78. The van der Waals surface area contributed by atoms with Gasteiger partial charge in [0.2, 0.25) is 5.91 Å². The van der Waals surface area contributed by atoms with Crippen molar-refractivity contribution < 1.29 is 24.2 Å². The van der Waals surface area contributed by atoms with E-state index in [0.29, 0.717) is 17.9 Å². The average molecular weight is 370 g/mol. The van der Waals surface area contributed by atoms with E-state index in [1.165, 1.54) is 0 Å². The summed E-state index contributed by atoms with van der Waals surface area (Å²) in [5.74, 6) is -3.43. The number of fused-ring (bicyclic) bond motifs is 2. The Balaban J connectivity index is 1.78. The van der Waals surface area contributed by atoms with E-state index in [1.54, 1.807) is 31.2 Å². The number of rotatable bonds is 5. The Bertz CT molecular complexity index is 791. The van der Waals surface area contributed by atoms with Gasteiger partial charge in [-0.05, 0) is 69.7 Å². The number of carboxylic acid groups (broad SMARTS) is 1. The van der Waals surface area contributed by atoms with Crippen LogP contribution in [0.15, 0.2) is 35.4 Å². The molecule has 0 radical (unpaired) electrons. The standard InChI is InChI=1S/C21H25NO5/c1-4-27-21(26)12-5-7-13(8-6-12)22-19(23)17-14-9-10-15(16(14)11(2)3)18(17)20(24)25/h5-8,14-15,17-18H,4,9-10H2,1-3H3,(H,22,23)(H,24,25)/p-1/t14-,15+,17+,18-/m0/s1. The molecule has 1 amide bonds. The minimum atomic E-state index is -1.15. The van der Waals surface area contributed by atoms with Crippen LogP contribution in [0.2, 0.25) is 0 Å². The molecule has 4 atom stereocenters. The van der Waals surface area contributed by atoms with Crippen LogP contribution in [0.5, 0.6) is 0 Å². The maximum atomic E-state index is 12.9. The molecule has 6 nitrogen and oxygen atoms in total. The molecule has 1 aromatic rings. The van der Waals surface area contributed by atoms with Crippen LogP contribution in [0.25, 0.3) is 0 Å². The fraction of sp³-hybridized carbons (Fsp3) is 0.476. The second kappa shape index (κ2) is 7.55. The highest BCUT2D eigenvalue weighted by Crippen LogP contribution is 2.57. The third kappa shape index (κ3) is 3.48. The molecule has 2 aliphatic rings. The van der Waals surface area contributed by atoms with Crippen molar-refractivity contribution in [1.29, 1.82) is 0 Å². The summed E-state index contributed by atoms with van der Waals surface area (Å²) in [4.78, 5) is 36.3. The molecule has 2 saturated carbocycles. The monoisotopic (exact) mass is 370 g/mol. The Kier molecular flexibility index (Phi) is 5.35. The number of carbonyl (C=O) groups excluding carboxylic acids is 3. The molecule has 2 aliphatic carbocycles. The van der Waals surface area contributed by atoms with Crippen LogP contribution in [0.4, 0.5) is 5.69 Å². The summed E-state index contributed by atoms with van der Waals surface area (Å²) in [6.07, 6.45) is 1.62. The Labute approximate surface area is 158 Å². The Morgan fingerprint density at radius 3 is 2.19 bits per heavy atom. The van der Waals surface area contributed by atoms with E-state index in [0.717, 1.165) is 24.0 Å². The lowest BCUT2D eigenvalue weighted by Crippen LogP contribution is -2.43. The number of carboxylic acids is 1. The molecule has 0 heterocycles. The van der Waals surface area contributed by atoms with E-state index in [2.05, 4.69) is 5.32 Å². The molecule has 1 N–H and O–H groups in total. The third-order valence-corrected chi connectivity index (χ3v) is 5.66. The number of nitrogens with one attached hydrogen (secondary N) is 1. The van der Waals surface area contributed by atoms with Crippen molar-refractivity contribution in [3.05, 3.63) is 41.0 Å². The Morgan fingerprint density at radius 1 is 1.07 bits per heavy atom. The summed E-state index contributed by atoms with van der Waals surface area (Å²) in [5.41, 5.74) is 3.13. The van der Waals surface area contributed by atoms with E-state index in [4.69, 9.17) is 4.74 Å². The van der Waals surface area contributed by atoms with Gasteiger partial charge in [0.15, 0.2) is 0 Å². The normalized spacial score (nSPS) is 26.0. The fourth-order valence-electron chi connectivity index (χ4n) is 4.72. The van der Waals surface area contributed by atoms with Crippen LogP contribution < -0.4 is 10.4 Å². The molecule has 0 unspecified atom stereocenters. The van der Waals surface area contributed by atoms with Crippen molar-refractivity contribution in [2.75, 3.05) is 11.9 Å². The average Bonchev–Trinajstić information content (AvgIpc) is 3.18. The largest absolute Gasteiger partial charge is 0.550 e. The summed E-state index contributed by atoms with van der Waals surface area (Å²) < 4.78 is 4.93. The van der Waals surface area contributed by atoms with E-state index >= 15 is 0 Å². The molecule has 6 heteroatoms. The molecule has 2 bridgehead atoms. The van der Waals surface area contributed by atoms with Gasteiger partial charge in [0.25, 0.3) is 0 Å². The van der Waals surface area contributed by atoms with Gasteiger partial charge in [-0.25, -0.2) is 4.79 Å². The van der Waals surface area contributed by atoms with Gasteiger partial charge in [-0.1, -0.05) is 11.1 Å². The summed E-state index contributed by atoms with van der Waals surface area (Å²) >= 11 is 0. The second-order valence-electron chi connectivity index (χ2n) is 7.40. The number of aliphatic carboxylic acids is 1. The summed E-state index contributed by atoms with van der Waals surface area (Å²) in [7, 11) is 0. The second-order valence-corrected chi connectivity index (χ2v) is 7.40. The van der Waals surface area contributed by atoms with Crippen LogP contribution in [0.3, 0.4) is 0 Å². The van der Waals surface area contributed by atoms with Crippen LogP contribution in [0.1, 0.15) is 44.0 Å². The van der Waals surface area contributed by atoms with Crippen LogP contribution in [0, 0.1) is 23.7 Å². The quantitative estimate of drug-likeness (QED) is 0.633. The number of anilines is 1. The molecule has 2 fully saturated rings. The van der Waals surface area contributed by atoms with Gasteiger partial charge in [-0.3, -0.25) is 4.79 Å². The first-order valence-corrected chi connectivity index (χ1v) is 9.31. The highest BCUT2D eigenvalue weighted by atomic mass is 16.5. The van der Waals surface area contributed by atoms with Gasteiger partial charge in [0.05, 0.1) is 18.1 Å². The number of esters is 1. The molecule has 1 aromatic carbocycles. The molecule has 0 aliphatic heterocycles. The van der Waals surface area contributed by atoms with E-state index in [9.17, 15) is 19.5 Å². The van der Waals surface area contributed by atoms with Crippen molar-refractivity contribution in [2.24, 2.45) is 23.7 Å². The molecule has 0 aromatic heterocycles. The molecule has 144 valence electrons. The lowest BCUT2D eigenvalue weighted by molar-refractivity contribution is -0.314. The van der Waals surface area contributed by atoms with E-state index in [-0.39, 0.29) is 17.7 Å². The summed E-state index contributed by atoms with van der Waals surface area (Å²) in [5, 5.41) is 14.5. The maximum Gasteiger partial charge on any atom is 0.338 e. The van der Waals surface area contributed by atoms with E-state index in [1.807, 2.05) is 13.8 Å². The van der Waals surface area contributed by atoms with Crippen molar-refractivity contribution in [1.82, 2.24) is 0 Å². The summed E-state index contributed by atoms with van der Waals surface area (Å²) in [6.45, 7) is 5.97. The smallest absolute Gasteiger partial charge is 0.338 e. The number of allylic oxidation sites excluding steroid dienone is 2. The molecule has 3 rings (SSSR count). The van der Waals surface area contributed by atoms with Crippen molar-refractivity contribution in [3.8, 4) is 0 Å². The Hall–Kier alpha value is -2.63. The number of hydrogen-bond donors (Lipinski definition) is 1. The minimum Gasteiger partial charge on any atom is -0.550 e. The predicted octanol–water partition coefficient (Wildman–Crippen LogP) is 2.16. The highest BCUT2D eigenvalue weighted by Gasteiger charge is 2.54. The zero-order chi connectivity index (χ0) is 19.7. The van der Waals surface area contributed by atoms with Gasteiger partial charge in [-0.2, -0.15) is 0 Å². The van der Waals surface area contributed by atoms with Crippen molar-refractivity contribution in [3.63, 3.8) is 0 Å². The van der Waals surface area contributed by atoms with Gasteiger partial charge >= 0.3 is 5.97 Å². The van der Waals surface area contributed by atoms with E-state index < -0.39 is 23.8 Å². The lowest BCUT2D eigenvalue weighted by Gasteiger charge is -2.30. The third-order valence-electron chi connectivity index (χ3n) is 5.66. The molecular formula is C21H24NO5-. The van der Waals surface area contributed by atoms with Gasteiger partial charge in [0, 0.05) is 17.6 Å². The van der Waals surface area contributed by atoms with Crippen molar-refractivity contribution in [2.45, 2.75) is 33.6 Å². The maximum absolute atomic E-state index is 12.9. The minimum absolute atomic E-state index is 0.0401. The number of carbonyl (C=O) groups is 3. The fourth-order valence-corrected chi connectivity index (χ4v) is 4.72. The number of amides is 1. The summed E-state index contributed by atoms with van der Waals surface area (Å²) in [6, 6.07) is 6.39. The first-order chi connectivity index (χ1) is 12.8. The first kappa shape index (κ1) is 19.1.